The molecule has 20 heavy (non-hydrogen) atoms. The number of nitrogens with two attached hydrogens (primary N) is 1. The van der Waals surface area contributed by atoms with Gasteiger partial charge in [0.2, 0.25) is 11.7 Å². The lowest BCUT2D eigenvalue weighted by Crippen LogP contribution is -2.60. The van der Waals surface area contributed by atoms with Gasteiger partial charge in [-0.15, -0.1) is 0 Å². The van der Waals surface area contributed by atoms with Crippen LogP contribution in [0.2, 0.25) is 0 Å². The molecule has 1 saturated heterocycles. The van der Waals surface area contributed by atoms with Crippen molar-refractivity contribution in [1.29, 1.82) is 0 Å². The van der Waals surface area contributed by atoms with E-state index in [1.165, 1.54) is 0 Å². The van der Waals surface area contributed by atoms with E-state index in [9.17, 15) is 15.0 Å². The molecule has 2 atom stereocenters. The first-order valence-electron chi connectivity index (χ1n) is 6.85. The molecule has 1 aliphatic carbocycles. The second kappa shape index (κ2) is 4.04. The average molecular weight is 276 g/mol. The van der Waals surface area contributed by atoms with E-state index in [1.54, 1.807) is 18.2 Å². The van der Waals surface area contributed by atoms with Crippen molar-refractivity contribution in [2.45, 2.75) is 37.0 Å². The summed E-state index contributed by atoms with van der Waals surface area (Å²) in [4.78, 5) is 13.4. The third kappa shape index (κ3) is 1.70. The van der Waals surface area contributed by atoms with Crippen molar-refractivity contribution in [1.82, 2.24) is 4.90 Å². The first kappa shape index (κ1) is 13.5. The summed E-state index contributed by atoms with van der Waals surface area (Å²) in [7, 11) is 1.91. The van der Waals surface area contributed by atoms with Crippen LogP contribution in [-0.4, -0.2) is 40.7 Å². The molecule has 0 spiro atoms. The summed E-state index contributed by atoms with van der Waals surface area (Å²) in [5, 5.41) is 21.1. The van der Waals surface area contributed by atoms with Crippen LogP contribution >= 0.6 is 0 Å². The van der Waals surface area contributed by atoms with Gasteiger partial charge in [-0.3, -0.25) is 9.69 Å². The zero-order valence-corrected chi connectivity index (χ0v) is 11.8. The first-order chi connectivity index (χ1) is 9.25. The number of carbonyl (C=O) groups is 1. The van der Waals surface area contributed by atoms with E-state index >= 15 is 0 Å². The van der Waals surface area contributed by atoms with Crippen LogP contribution in [0.25, 0.3) is 0 Å². The van der Waals surface area contributed by atoms with Gasteiger partial charge in [-0.2, -0.15) is 0 Å². The fraction of sp³-hybridized carbons (Fsp3) is 0.533. The summed E-state index contributed by atoms with van der Waals surface area (Å²) in [6.45, 7) is 2.91. The molecule has 2 unspecified atom stereocenters. The van der Waals surface area contributed by atoms with Gasteiger partial charge in [-0.25, -0.2) is 0 Å². The molecular formula is C15H20N2O3. The molecular weight excluding hydrogens is 256 g/mol. The van der Waals surface area contributed by atoms with Gasteiger partial charge in [0.25, 0.3) is 0 Å². The predicted octanol–water partition coefficient (Wildman–Crippen LogP) is 0.288. The number of aliphatic hydroxyl groups is 2. The fourth-order valence-corrected chi connectivity index (χ4v) is 3.66. The maximum absolute atomic E-state index is 11.4. The summed E-state index contributed by atoms with van der Waals surface area (Å²) in [6.07, 6.45) is 1.58. The Morgan fingerprint density at radius 1 is 1.40 bits per heavy atom. The molecule has 1 aromatic rings. The summed E-state index contributed by atoms with van der Waals surface area (Å²) < 4.78 is 0. The van der Waals surface area contributed by atoms with Gasteiger partial charge in [0.1, 0.15) is 0 Å². The number of likely N-dealkylation sites (N-methyl/N-ethyl adjacent to an activating group) is 1. The second-order valence-corrected chi connectivity index (χ2v) is 6.36. The van der Waals surface area contributed by atoms with Gasteiger partial charge in [-0.05, 0) is 49.5 Å². The minimum atomic E-state index is -1.89. The number of rotatable bonds is 1. The number of fused-ring (bicyclic) bond motifs is 4. The Morgan fingerprint density at radius 2 is 2.10 bits per heavy atom. The number of amides is 1. The Kier molecular flexibility index (Phi) is 2.73. The molecule has 3 rings (SSSR count). The van der Waals surface area contributed by atoms with E-state index in [0.717, 1.165) is 18.5 Å². The van der Waals surface area contributed by atoms with Crippen LogP contribution in [0.1, 0.15) is 41.3 Å². The number of hydrogen-bond acceptors (Lipinski definition) is 4. The Hall–Kier alpha value is -1.43. The average Bonchev–Trinajstić information content (AvgIpc) is 2.40. The molecule has 5 nitrogen and oxygen atoms in total. The predicted molar refractivity (Wildman–Crippen MR) is 74.1 cm³/mol. The molecule has 1 aromatic carbocycles. The molecule has 1 fully saturated rings. The van der Waals surface area contributed by atoms with Gasteiger partial charge in [0.15, 0.2) is 0 Å². The number of likely N-dealkylation sites (tertiary alicyclic amines) is 1. The lowest BCUT2D eigenvalue weighted by Gasteiger charge is -2.53. The number of hydrogen-bond donors (Lipinski definition) is 3. The molecule has 2 aliphatic rings. The highest BCUT2D eigenvalue weighted by molar-refractivity contribution is 5.93. The van der Waals surface area contributed by atoms with E-state index in [2.05, 4.69) is 6.92 Å². The number of benzene rings is 1. The SMILES string of the molecule is CN1CCC2(C)CC1C(O)(O)c1ccc(C(N)=O)cc12. The summed E-state index contributed by atoms with van der Waals surface area (Å²) >= 11 is 0. The van der Waals surface area contributed by atoms with Crippen molar-refractivity contribution in [2.24, 2.45) is 5.73 Å². The molecule has 2 bridgehead atoms. The molecule has 0 aromatic heterocycles. The largest absolute Gasteiger partial charge is 0.366 e. The van der Waals surface area contributed by atoms with Gasteiger partial charge < -0.3 is 15.9 Å². The normalized spacial score (nSPS) is 31.7. The summed E-state index contributed by atoms with van der Waals surface area (Å²) in [6, 6.07) is 4.58. The molecule has 0 radical (unpaired) electrons. The minimum Gasteiger partial charge on any atom is -0.366 e. The fourth-order valence-electron chi connectivity index (χ4n) is 3.66. The number of nitrogens with zero attached hydrogens (tertiary/aromatic N) is 1. The molecule has 1 aliphatic heterocycles. The first-order valence-corrected chi connectivity index (χ1v) is 6.85. The molecule has 1 amide bonds. The van der Waals surface area contributed by atoms with Crippen LogP contribution in [0.3, 0.4) is 0 Å². The van der Waals surface area contributed by atoms with Crippen molar-refractivity contribution in [3.8, 4) is 0 Å². The minimum absolute atomic E-state index is 0.146. The maximum atomic E-state index is 11.4. The molecule has 1 heterocycles. The van der Waals surface area contributed by atoms with E-state index < -0.39 is 11.7 Å². The summed E-state index contributed by atoms with van der Waals surface area (Å²) in [5.41, 5.74) is 6.93. The lowest BCUT2D eigenvalue weighted by molar-refractivity contribution is -0.232. The smallest absolute Gasteiger partial charge is 0.248 e. The van der Waals surface area contributed by atoms with Crippen molar-refractivity contribution in [3.63, 3.8) is 0 Å². The highest BCUT2D eigenvalue weighted by atomic mass is 16.5. The summed E-state index contributed by atoms with van der Waals surface area (Å²) in [5.74, 6) is -2.38. The molecule has 5 heteroatoms. The van der Waals surface area contributed by atoms with Crippen LogP contribution in [-0.2, 0) is 11.2 Å². The van der Waals surface area contributed by atoms with E-state index in [-0.39, 0.29) is 11.5 Å². The topological polar surface area (TPSA) is 86.8 Å². The quantitative estimate of drug-likeness (QED) is 0.643. The highest BCUT2D eigenvalue weighted by Crippen LogP contribution is 2.50. The number of primary amides is 1. The Morgan fingerprint density at radius 3 is 2.75 bits per heavy atom. The molecule has 0 saturated carbocycles. The van der Waals surface area contributed by atoms with Gasteiger partial charge in [-0.1, -0.05) is 13.0 Å². The van der Waals surface area contributed by atoms with Gasteiger partial charge in [0, 0.05) is 11.1 Å². The third-order valence-electron chi connectivity index (χ3n) is 5.01. The van der Waals surface area contributed by atoms with Crippen molar-refractivity contribution in [3.05, 3.63) is 34.9 Å². The maximum Gasteiger partial charge on any atom is 0.248 e. The Balaban J connectivity index is 2.22. The van der Waals surface area contributed by atoms with Crippen molar-refractivity contribution < 1.29 is 15.0 Å². The van der Waals surface area contributed by atoms with Crippen LogP contribution in [0, 0.1) is 0 Å². The highest BCUT2D eigenvalue weighted by Gasteiger charge is 2.53. The molecule has 108 valence electrons. The Bertz CT molecular complexity index is 584. The number of carbonyl (C=O) groups excluding carboxylic acids is 1. The third-order valence-corrected chi connectivity index (χ3v) is 5.01. The van der Waals surface area contributed by atoms with Gasteiger partial charge in [0.05, 0.1) is 6.04 Å². The number of piperidine rings is 1. The van der Waals surface area contributed by atoms with Crippen LogP contribution in [0.15, 0.2) is 18.2 Å². The van der Waals surface area contributed by atoms with Crippen LogP contribution in [0.5, 0.6) is 0 Å². The Labute approximate surface area is 118 Å². The standard InChI is InChI=1S/C15H20N2O3/c1-14-5-6-17(2)12(8-14)15(19,20)10-4-3-9(13(16)18)7-11(10)14/h3-4,7,12,19-20H,5-6,8H2,1-2H3,(H2,16,18). The van der Waals surface area contributed by atoms with Crippen LogP contribution in [0.4, 0.5) is 0 Å². The lowest BCUT2D eigenvalue weighted by atomic mass is 9.62. The van der Waals surface area contributed by atoms with E-state index in [0.29, 0.717) is 17.5 Å². The zero-order chi connectivity index (χ0) is 14.7. The second-order valence-electron chi connectivity index (χ2n) is 6.36. The van der Waals surface area contributed by atoms with Crippen molar-refractivity contribution >= 4 is 5.91 Å². The molecule has 4 N–H and O–H groups in total. The monoisotopic (exact) mass is 276 g/mol. The van der Waals surface area contributed by atoms with Crippen LogP contribution < -0.4 is 5.73 Å². The van der Waals surface area contributed by atoms with E-state index in [1.807, 2.05) is 11.9 Å². The van der Waals surface area contributed by atoms with E-state index in [4.69, 9.17) is 5.73 Å². The zero-order valence-electron chi connectivity index (χ0n) is 11.8. The van der Waals surface area contributed by atoms with Gasteiger partial charge >= 0.3 is 0 Å². The van der Waals surface area contributed by atoms with Crippen molar-refractivity contribution in [2.75, 3.05) is 13.6 Å².